The Bertz CT molecular complexity index is 683. The van der Waals surface area contributed by atoms with Crippen molar-refractivity contribution in [2.45, 2.75) is 6.54 Å². The molecule has 1 aliphatic rings. The number of hydrogen-bond acceptors (Lipinski definition) is 6. The molecular formula is C16H18N6O2. The largest absolute Gasteiger partial charge is 0.352 e. The third-order valence-corrected chi connectivity index (χ3v) is 3.83. The lowest BCUT2D eigenvalue weighted by Crippen LogP contribution is -2.46. The summed E-state index contributed by atoms with van der Waals surface area (Å²) in [6.07, 6.45) is 2.54. The first-order valence-corrected chi connectivity index (χ1v) is 7.72. The standard InChI is InChI=1S/C16H18N6O2/c23-12-21-7-9-22(10-8-21)15-5-4-14(19-20-15)16(24)18-11-13-3-1-2-6-17-13/h1-6,12H,7-11H2,(H,18,24). The molecule has 3 rings (SSSR count). The normalized spacial score (nSPS) is 14.3. The van der Waals surface area contributed by atoms with Crippen LogP contribution in [0.2, 0.25) is 0 Å². The minimum absolute atomic E-state index is 0.265. The van der Waals surface area contributed by atoms with Crippen LogP contribution in [0.1, 0.15) is 16.2 Å². The third-order valence-electron chi connectivity index (χ3n) is 3.83. The van der Waals surface area contributed by atoms with Crippen molar-refractivity contribution < 1.29 is 9.59 Å². The molecule has 1 N–H and O–H groups in total. The number of nitrogens with zero attached hydrogens (tertiary/aromatic N) is 5. The molecule has 0 aliphatic carbocycles. The van der Waals surface area contributed by atoms with Crippen LogP contribution in [0.25, 0.3) is 0 Å². The molecule has 124 valence electrons. The molecule has 8 heteroatoms. The van der Waals surface area contributed by atoms with E-state index in [1.165, 1.54) is 0 Å². The van der Waals surface area contributed by atoms with Gasteiger partial charge in [0.2, 0.25) is 6.41 Å². The third kappa shape index (κ3) is 3.83. The smallest absolute Gasteiger partial charge is 0.272 e. The van der Waals surface area contributed by atoms with E-state index in [2.05, 4.69) is 20.5 Å². The van der Waals surface area contributed by atoms with Crippen LogP contribution in [0.4, 0.5) is 5.82 Å². The van der Waals surface area contributed by atoms with Crippen LogP contribution in [0.3, 0.4) is 0 Å². The fraction of sp³-hybridized carbons (Fsp3) is 0.312. The molecule has 0 bridgehead atoms. The Labute approximate surface area is 139 Å². The van der Waals surface area contributed by atoms with Gasteiger partial charge in [0.1, 0.15) is 0 Å². The molecule has 0 saturated carbocycles. The minimum Gasteiger partial charge on any atom is -0.352 e. The van der Waals surface area contributed by atoms with Crippen LogP contribution in [-0.4, -0.2) is 58.6 Å². The summed E-state index contributed by atoms with van der Waals surface area (Å²) < 4.78 is 0. The molecule has 2 aromatic rings. The first-order valence-electron chi connectivity index (χ1n) is 7.72. The topological polar surface area (TPSA) is 91.3 Å². The van der Waals surface area contributed by atoms with Gasteiger partial charge in [-0.25, -0.2) is 0 Å². The second-order valence-electron chi connectivity index (χ2n) is 5.41. The number of carbonyl (C=O) groups excluding carboxylic acids is 2. The number of anilines is 1. The maximum Gasteiger partial charge on any atom is 0.272 e. The van der Waals surface area contributed by atoms with Gasteiger partial charge in [-0.15, -0.1) is 10.2 Å². The number of aromatic nitrogens is 3. The average Bonchev–Trinajstić information content (AvgIpc) is 2.67. The van der Waals surface area contributed by atoms with Crippen LogP contribution < -0.4 is 10.2 Å². The number of pyridine rings is 1. The van der Waals surface area contributed by atoms with Crippen LogP contribution in [-0.2, 0) is 11.3 Å². The van der Waals surface area contributed by atoms with Gasteiger partial charge < -0.3 is 15.1 Å². The van der Waals surface area contributed by atoms with Gasteiger partial charge in [0.25, 0.3) is 5.91 Å². The van der Waals surface area contributed by atoms with Crippen LogP contribution >= 0.6 is 0 Å². The fourth-order valence-corrected chi connectivity index (χ4v) is 2.44. The van der Waals surface area contributed by atoms with Crippen molar-refractivity contribution in [3.05, 3.63) is 47.9 Å². The van der Waals surface area contributed by atoms with Crippen LogP contribution in [0, 0.1) is 0 Å². The van der Waals surface area contributed by atoms with Gasteiger partial charge >= 0.3 is 0 Å². The summed E-state index contributed by atoms with van der Waals surface area (Å²) in [4.78, 5) is 30.7. The molecule has 0 spiro atoms. The van der Waals surface area contributed by atoms with E-state index in [9.17, 15) is 9.59 Å². The van der Waals surface area contributed by atoms with Crippen LogP contribution in [0.5, 0.6) is 0 Å². The van der Waals surface area contributed by atoms with Crippen molar-refractivity contribution in [2.75, 3.05) is 31.1 Å². The molecule has 0 radical (unpaired) electrons. The van der Waals surface area contributed by atoms with Crippen molar-refractivity contribution >= 4 is 18.1 Å². The van der Waals surface area contributed by atoms with E-state index >= 15 is 0 Å². The fourth-order valence-electron chi connectivity index (χ4n) is 2.44. The Hall–Kier alpha value is -3.03. The molecule has 2 aromatic heterocycles. The van der Waals surface area contributed by atoms with E-state index in [1.807, 2.05) is 23.1 Å². The van der Waals surface area contributed by atoms with Crippen molar-refractivity contribution in [3.63, 3.8) is 0 Å². The monoisotopic (exact) mass is 326 g/mol. The average molecular weight is 326 g/mol. The van der Waals surface area contributed by atoms with Crippen molar-refractivity contribution in [1.29, 1.82) is 0 Å². The van der Waals surface area contributed by atoms with E-state index in [0.29, 0.717) is 38.5 Å². The summed E-state index contributed by atoms with van der Waals surface area (Å²) in [5.74, 6) is 0.423. The zero-order chi connectivity index (χ0) is 16.8. The van der Waals surface area contributed by atoms with E-state index in [-0.39, 0.29) is 11.6 Å². The maximum absolute atomic E-state index is 12.1. The zero-order valence-corrected chi connectivity index (χ0v) is 13.1. The molecule has 3 heterocycles. The maximum atomic E-state index is 12.1. The Morgan fingerprint density at radius 3 is 2.58 bits per heavy atom. The molecule has 0 aromatic carbocycles. The lowest BCUT2D eigenvalue weighted by atomic mass is 10.3. The number of hydrogen-bond donors (Lipinski definition) is 1. The second kappa shape index (κ2) is 7.49. The predicted molar refractivity (Wildman–Crippen MR) is 87.3 cm³/mol. The van der Waals surface area contributed by atoms with E-state index in [0.717, 1.165) is 12.1 Å². The Kier molecular flexibility index (Phi) is 4.95. The van der Waals surface area contributed by atoms with E-state index in [1.54, 1.807) is 23.2 Å². The van der Waals surface area contributed by atoms with Crippen molar-refractivity contribution in [2.24, 2.45) is 0 Å². The lowest BCUT2D eigenvalue weighted by molar-refractivity contribution is -0.118. The first kappa shape index (κ1) is 15.9. The van der Waals surface area contributed by atoms with E-state index in [4.69, 9.17) is 0 Å². The highest BCUT2D eigenvalue weighted by Crippen LogP contribution is 2.12. The van der Waals surface area contributed by atoms with Gasteiger partial charge in [-0.05, 0) is 24.3 Å². The second-order valence-corrected chi connectivity index (χ2v) is 5.41. The molecular weight excluding hydrogens is 308 g/mol. The molecule has 1 saturated heterocycles. The van der Waals surface area contributed by atoms with Gasteiger partial charge in [0.05, 0.1) is 12.2 Å². The first-order chi connectivity index (χ1) is 11.8. The summed E-state index contributed by atoms with van der Waals surface area (Å²) in [5, 5.41) is 10.9. The number of carbonyl (C=O) groups is 2. The molecule has 2 amide bonds. The van der Waals surface area contributed by atoms with Gasteiger partial charge in [-0.3, -0.25) is 14.6 Å². The quantitative estimate of drug-likeness (QED) is 0.783. The summed E-state index contributed by atoms with van der Waals surface area (Å²) in [7, 11) is 0. The minimum atomic E-state index is -0.287. The highest BCUT2D eigenvalue weighted by atomic mass is 16.2. The zero-order valence-electron chi connectivity index (χ0n) is 13.1. The van der Waals surface area contributed by atoms with Gasteiger partial charge in [-0.2, -0.15) is 0 Å². The summed E-state index contributed by atoms with van der Waals surface area (Å²) in [5.41, 5.74) is 1.05. The van der Waals surface area contributed by atoms with Crippen LogP contribution in [0.15, 0.2) is 36.5 Å². The Balaban J connectivity index is 1.56. The Morgan fingerprint density at radius 1 is 1.12 bits per heavy atom. The number of piperazine rings is 1. The predicted octanol–water partition coefficient (Wildman–Crippen LogP) is 0.0800. The van der Waals surface area contributed by atoms with Gasteiger partial charge in [-0.1, -0.05) is 6.07 Å². The van der Waals surface area contributed by atoms with Gasteiger partial charge in [0, 0.05) is 32.4 Å². The van der Waals surface area contributed by atoms with Crippen molar-refractivity contribution in [1.82, 2.24) is 25.4 Å². The molecule has 1 aliphatic heterocycles. The number of nitrogens with one attached hydrogen (secondary N) is 1. The summed E-state index contributed by atoms with van der Waals surface area (Å²) >= 11 is 0. The highest BCUT2D eigenvalue weighted by Gasteiger charge is 2.17. The van der Waals surface area contributed by atoms with Gasteiger partial charge in [0.15, 0.2) is 11.5 Å². The van der Waals surface area contributed by atoms with Crippen molar-refractivity contribution in [3.8, 4) is 0 Å². The molecule has 0 atom stereocenters. The number of rotatable bonds is 5. The molecule has 8 nitrogen and oxygen atoms in total. The number of amides is 2. The molecule has 1 fully saturated rings. The summed E-state index contributed by atoms with van der Waals surface area (Å²) in [6.45, 7) is 3.09. The highest BCUT2D eigenvalue weighted by molar-refractivity contribution is 5.92. The Morgan fingerprint density at radius 2 is 1.96 bits per heavy atom. The molecule has 24 heavy (non-hydrogen) atoms. The SMILES string of the molecule is O=CN1CCN(c2ccc(C(=O)NCc3ccccn3)nn2)CC1. The summed E-state index contributed by atoms with van der Waals surface area (Å²) in [6, 6.07) is 8.97. The molecule has 0 unspecified atom stereocenters. The van der Waals surface area contributed by atoms with E-state index < -0.39 is 0 Å². The lowest BCUT2D eigenvalue weighted by Gasteiger charge is -2.32.